The van der Waals surface area contributed by atoms with Crippen LogP contribution >= 0.6 is 0 Å². The van der Waals surface area contributed by atoms with E-state index < -0.39 is 0 Å². The van der Waals surface area contributed by atoms with Crippen molar-refractivity contribution in [3.63, 3.8) is 0 Å². The highest BCUT2D eigenvalue weighted by Gasteiger charge is 2.14. The second-order valence-electron chi connectivity index (χ2n) is 5.31. The summed E-state index contributed by atoms with van der Waals surface area (Å²) in [5.41, 5.74) is 2.28. The summed E-state index contributed by atoms with van der Waals surface area (Å²) in [6.07, 6.45) is 0. The van der Waals surface area contributed by atoms with E-state index in [0.717, 1.165) is 25.2 Å². The molecule has 1 aromatic heterocycles. The Morgan fingerprint density at radius 3 is 2.23 bits per heavy atom. The largest absolute Gasteiger partial charge is 0.415 e. The van der Waals surface area contributed by atoms with E-state index in [1.807, 2.05) is 36.4 Å². The summed E-state index contributed by atoms with van der Waals surface area (Å²) in [4.78, 5) is 1.40. The molecule has 3 aromatic rings. The predicted molar refractivity (Wildman–Crippen MR) is 85.1 cm³/mol. The summed E-state index contributed by atoms with van der Waals surface area (Å²) in [5, 5.41) is 8.34. The van der Waals surface area contributed by atoms with Gasteiger partial charge in [-0.05, 0) is 19.1 Å². The van der Waals surface area contributed by atoms with Gasteiger partial charge in [-0.1, -0.05) is 48.5 Å². The second-order valence-corrected chi connectivity index (χ2v) is 5.31. The molecule has 0 saturated carbocycles. The highest BCUT2D eigenvalue weighted by Crippen LogP contribution is 2.16. The lowest BCUT2D eigenvalue weighted by Gasteiger charge is -2.15. The lowest BCUT2D eigenvalue weighted by atomic mass is 10.2. The van der Waals surface area contributed by atoms with Crippen LogP contribution in [0.5, 0.6) is 0 Å². The minimum absolute atomic E-state index is 0.589. The van der Waals surface area contributed by atoms with Crippen molar-refractivity contribution in [1.29, 1.82) is 0 Å². The molecule has 4 heteroatoms. The molecule has 0 radical (unpaired) electrons. The van der Waals surface area contributed by atoms with Crippen LogP contribution in [0, 0.1) is 0 Å². The predicted octanol–water partition coefficient (Wildman–Crippen LogP) is 2.34. The molecule has 1 atom stereocenters. The molecule has 1 N–H and O–H groups in total. The number of benzene rings is 2. The fourth-order valence-corrected chi connectivity index (χ4v) is 2.43. The number of hydrogen-bond acceptors (Lipinski definition) is 3. The van der Waals surface area contributed by atoms with Gasteiger partial charge < -0.3 is 9.32 Å². The van der Waals surface area contributed by atoms with Gasteiger partial charge in [-0.2, -0.15) is 0 Å². The zero-order valence-electron chi connectivity index (χ0n) is 12.7. The van der Waals surface area contributed by atoms with Crippen LogP contribution in [0.2, 0.25) is 0 Å². The van der Waals surface area contributed by atoms with Crippen molar-refractivity contribution in [2.24, 2.45) is 0 Å². The number of quaternary nitrogens is 1. The van der Waals surface area contributed by atoms with E-state index in [4.69, 9.17) is 4.42 Å². The Balaban J connectivity index is 1.68. The fraction of sp³-hybridized carbons (Fsp3) is 0.222. The van der Waals surface area contributed by atoms with Gasteiger partial charge in [0.2, 0.25) is 5.89 Å². The monoisotopic (exact) mass is 294 g/mol. The van der Waals surface area contributed by atoms with Crippen LogP contribution in [-0.2, 0) is 13.1 Å². The Labute approximate surface area is 130 Å². The van der Waals surface area contributed by atoms with Crippen LogP contribution in [0.25, 0.3) is 11.5 Å². The molecule has 0 spiro atoms. The van der Waals surface area contributed by atoms with Gasteiger partial charge in [0.1, 0.15) is 6.54 Å². The van der Waals surface area contributed by atoms with E-state index in [9.17, 15) is 0 Å². The number of aromatic nitrogens is 2. The van der Waals surface area contributed by atoms with Crippen LogP contribution in [0.15, 0.2) is 65.1 Å². The van der Waals surface area contributed by atoms with E-state index >= 15 is 0 Å². The average Bonchev–Trinajstić information content (AvgIpc) is 3.04. The molecule has 0 aliphatic heterocycles. The minimum Gasteiger partial charge on any atom is -0.415 e. The average molecular weight is 294 g/mol. The highest BCUT2D eigenvalue weighted by atomic mass is 16.4. The Kier molecular flexibility index (Phi) is 4.61. The summed E-state index contributed by atoms with van der Waals surface area (Å²) in [7, 11) is 0. The maximum absolute atomic E-state index is 5.80. The van der Waals surface area contributed by atoms with Crippen molar-refractivity contribution >= 4 is 0 Å². The third-order valence-electron chi connectivity index (χ3n) is 3.69. The molecular weight excluding hydrogens is 274 g/mol. The number of nitrogens with one attached hydrogen (secondary N) is 1. The van der Waals surface area contributed by atoms with Crippen molar-refractivity contribution in [2.75, 3.05) is 6.54 Å². The van der Waals surface area contributed by atoms with Crippen LogP contribution in [0.1, 0.15) is 18.4 Å². The lowest BCUT2D eigenvalue weighted by Crippen LogP contribution is -3.09. The second kappa shape index (κ2) is 7.00. The molecule has 0 amide bonds. The first-order valence-corrected chi connectivity index (χ1v) is 7.60. The van der Waals surface area contributed by atoms with Gasteiger partial charge in [-0.3, -0.25) is 0 Å². The molecule has 1 unspecified atom stereocenters. The van der Waals surface area contributed by atoms with Crippen molar-refractivity contribution < 1.29 is 9.32 Å². The number of nitrogens with zero attached hydrogens (tertiary/aromatic N) is 2. The van der Waals surface area contributed by atoms with E-state index in [-0.39, 0.29) is 0 Å². The minimum atomic E-state index is 0.589. The van der Waals surface area contributed by atoms with Gasteiger partial charge in [-0.15, -0.1) is 10.2 Å². The van der Waals surface area contributed by atoms with Crippen molar-refractivity contribution in [3.8, 4) is 11.5 Å². The first kappa shape index (κ1) is 14.5. The van der Waals surface area contributed by atoms with Gasteiger partial charge in [0.05, 0.1) is 6.54 Å². The van der Waals surface area contributed by atoms with Crippen molar-refractivity contribution in [3.05, 3.63) is 72.1 Å². The molecule has 1 heterocycles. The van der Waals surface area contributed by atoms with E-state index in [0.29, 0.717) is 11.8 Å². The zero-order valence-corrected chi connectivity index (χ0v) is 12.7. The van der Waals surface area contributed by atoms with Crippen LogP contribution < -0.4 is 4.90 Å². The Hall–Kier alpha value is -2.46. The fourth-order valence-electron chi connectivity index (χ4n) is 2.43. The van der Waals surface area contributed by atoms with E-state index in [1.165, 1.54) is 10.5 Å². The van der Waals surface area contributed by atoms with Crippen molar-refractivity contribution in [2.45, 2.75) is 20.0 Å². The van der Waals surface area contributed by atoms with E-state index in [1.54, 1.807) is 0 Å². The molecule has 3 rings (SSSR count). The number of hydrogen-bond donors (Lipinski definition) is 1. The maximum Gasteiger partial charge on any atom is 0.271 e. The molecule has 4 nitrogen and oxygen atoms in total. The molecule has 0 aliphatic rings. The Morgan fingerprint density at radius 2 is 1.55 bits per heavy atom. The van der Waals surface area contributed by atoms with Gasteiger partial charge in [-0.25, -0.2) is 0 Å². The molecule has 2 aromatic carbocycles. The van der Waals surface area contributed by atoms with Crippen LogP contribution in [-0.4, -0.2) is 16.7 Å². The normalized spacial score (nSPS) is 12.2. The summed E-state index contributed by atoms with van der Waals surface area (Å²) >= 11 is 0. The standard InChI is InChI=1S/C18H19N3O/c1-2-21(13-15-9-5-3-6-10-15)14-17-19-20-18(22-17)16-11-7-4-8-12-16/h3-12H,2,13-14H2,1H3/p+1. The third kappa shape index (κ3) is 3.59. The Morgan fingerprint density at radius 1 is 0.864 bits per heavy atom. The highest BCUT2D eigenvalue weighted by molar-refractivity contribution is 5.51. The lowest BCUT2D eigenvalue weighted by molar-refractivity contribution is -0.927. The van der Waals surface area contributed by atoms with Gasteiger partial charge >= 0.3 is 0 Å². The van der Waals surface area contributed by atoms with Crippen LogP contribution in [0.4, 0.5) is 0 Å². The van der Waals surface area contributed by atoms with Gasteiger partial charge in [0.25, 0.3) is 5.89 Å². The first-order valence-electron chi connectivity index (χ1n) is 7.60. The van der Waals surface area contributed by atoms with E-state index in [2.05, 4.69) is 41.4 Å². The third-order valence-corrected chi connectivity index (χ3v) is 3.69. The molecule has 0 fully saturated rings. The summed E-state index contributed by atoms with van der Waals surface area (Å²) in [6, 6.07) is 20.4. The molecule has 112 valence electrons. The maximum atomic E-state index is 5.80. The zero-order chi connectivity index (χ0) is 15.2. The Bertz CT molecular complexity index is 695. The topological polar surface area (TPSA) is 43.4 Å². The molecule has 22 heavy (non-hydrogen) atoms. The van der Waals surface area contributed by atoms with Crippen molar-refractivity contribution in [1.82, 2.24) is 10.2 Å². The summed E-state index contributed by atoms with van der Waals surface area (Å²) < 4.78 is 5.80. The van der Waals surface area contributed by atoms with Gasteiger partial charge in [0, 0.05) is 11.1 Å². The molecule has 0 saturated heterocycles. The van der Waals surface area contributed by atoms with Gasteiger partial charge in [0.15, 0.2) is 6.54 Å². The molecule has 0 aliphatic carbocycles. The summed E-state index contributed by atoms with van der Waals surface area (Å²) in [6.45, 7) is 4.89. The first-order chi connectivity index (χ1) is 10.8. The quantitative estimate of drug-likeness (QED) is 0.759. The molecule has 0 bridgehead atoms. The smallest absolute Gasteiger partial charge is 0.271 e. The SMILES string of the molecule is CC[NH+](Cc1ccccc1)Cc1nnc(-c2ccccc2)o1. The molecular formula is C18H20N3O+. The van der Waals surface area contributed by atoms with Crippen LogP contribution in [0.3, 0.4) is 0 Å². The summed E-state index contributed by atoms with van der Waals surface area (Å²) in [5.74, 6) is 1.28. The number of rotatable bonds is 6.